The van der Waals surface area contributed by atoms with Gasteiger partial charge in [0.15, 0.2) is 11.2 Å². The minimum Gasteiger partial charge on any atom is -0.481 e. The van der Waals surface area contributed by atoms with Gasteiger partial charge in [-0.25, -0.2) is 9.97 Å². The number of nitrogens with zero attached hydrogens (tertiary/aromatic N) is 2. The number of benzene rings is 2. The van der Waals surface area contributed by atoms with Crippen LogP contribution in [-0.4, -0.2) is 22.0 Å². The minimum absolute atomic E-state index is 0.223. The number of thiazole rings is 2. The summed E-state index contributed by atoms with van der Waals surface area (Å²) in [7, 11) is 0. The Balaban J connectivity index is 1.55. The molecule has 0 bridgehead atoms. The molecule has 4 rings (SSSR count). The number of anilines is 1. The topological polar surface area (TPSA) is 64.1 Å². The summed E-state index contributed by atoms with van der Waals surface area (Å²) in [4.78, 5) is 21.4. The molecule has 25 heavy (non-hydrogen) atoms. The van der Waals surface area contributed by atoms with Crippen molar-refractivity contribution in [1.29, 1.82) is 0 Å². The summed E-state index contributed by atoms with van der Waals surface area (Å²) in [6, 6.07) is 13.2. The lowest BCUT2D eigenvalue weighted by Gasteiger charge is -2.13. The molecule has 2 heterocycles. The van der Waals surface area contributed by atoms with Crippen LogP contribution < -0.4 is 10.1 Å². The third kappa shape index (κ3) is 3.20. The zero-order valence-electron chi connectivity index (χ0n) is 13.6. The Morgan fingerprint density at radius 1 is 1.04 bits per heavy atom. The van der Waals surface area contributed by atoms with Crippen molar-refractivity contribution in [1.82, 2.24) is 9.97 Å². The smallest absolute Gasteiger partial charge is 0.266 e. The van der Waals surface area contributed by atoms with Crippen LogP contribution in [0, 0.1) is 6.92 Å². The van der Waals surface area contributed by atoms with E-state index in [-0.39, 0.29) is 5.91 Å². The number of ether oxygens (including phenoxy) is 1. The minimum atomic E-state index is -0.611. The number of aromatic nitrogens is 2. The molecular formula is C18H15N3O2S2. The number of carbonyl (C=O) groups excluding carboxylic acids is 1. The van der Waals surface area contributed by atoms with E-state index >= 15 is 0 Å². The van der Waals surface area contributed by atoms with Crippen LogP contribution in [-0.2, 0) is 4.79 Å². The van der Waals surface area contributed by atoms with Gasteiger partial charge in [-0.2, -0.15) is 0 Å². The zero-order valence-corrected chi connectivity index (χ0v) is 15.3. The highest BCUT2D eigenvalue weighted by Gasteiger charge is 2.18. The monoisotopic (exact) mass is 369 g/mol. The van der Waals surface area contributed by atoms with Crippen molar-refractivity contribution in [3.63, 3.8) is 0 Å². The Bertz CT molecular complexity index is 1060. The molecule has 0 spiro atoms. The number of fused-ring (bicyclic) bond motifs is 3. The van der Waals surface area contributed by atoms with E-state index < -0.39 is 6.10 Å². The van der Waals surface area contributed by atoms with Gasteiger partial charge in [0, 0.05) is 0 Å². The van der Waals surface area contributed by atoms with Gasteiger partial charge in [0.25, 0.3) is 5.91 Å². The van der Waals surface area contributed by atoms with Crippen molar-refractivity contribution in [2.24, 2.45) is 0 Å². The highest BCUT2D eigenvalue weighted by Crippen LogP contribution is 2.35. The van der Waals surface area contributed by atoms with Gasteiger partial charge in [0.2, 0.25) is 0 Å². The van der Waals surface area contributed by atoms with Crippen LogP contribution in [0.3, 0.4) is 0 Å². The maximum absolute atomic E-state index is 12.4. The zero-order chi connectivity index (χ0) is 17.4. The van der Waals surface area contributed by atoms with Crippen molar-refractivity contribution in [3.8, 4) is 5.75 Å². The Hall–Kier alpha value is -2.51. The Kier molecular flexibility index (Phi) is 4.10. The summed E-state index contributed by atoms with van der Waals surface area (Å²) < 4.78 is 7.82. The lowest BCUT2D eigenvalue weighted by atomic mass is 10.3. The summed E-state index contributed by atoms with van der Waals surface area (Å²) in [6.45, 7) is 3.71. The van der Waals surface area contributed by atoms with Gasteiger partial charge in [-0.1, -0.05) is 29.5 Å². The van der Waals surface area contributed by atoms with Crippen molar-refractivity contribution in [3.05, 3.63) is 47.5 Å². The van der Waals surface area contributed by atoms with Crippen LogP contribution in [0.15, 0.2) is 42.5 Å². The van der Waals surface area contributed by atoms with Crippen LogP contribution in [0.2, 0.25) is 0 Å². The number of hydrogen-bond acceptors (Lipinski definition) is 6. The Morgan fingerprint density at radius 3 is 2.48 bits per heavy atom. The average molecular weight is 369 g/mol. The van der Waals surface area contributed by atoms with Crippen LogP contribution in [0.25, 0.3) is 20.4 Å². The van der Waals surface area contributed by atoms with E-state index in [0.29, 0.717) is 10.9 Å². The molecule has 1 N–H and O–H groups in total. The summed E-state index contributed by atoms with van der Waals surface area (Å²) in [5, 5.41) is 4.44. The van der Waals surface area contributed by atoms with E-state index in [0.717, 1.165) is 25.4 Å². The standard InChI is InChI=1S/C18H15N3O2S2/c1-10(23-12-6-4-3-5-7-12)17(22)21-18-20-14-9-8-13-15(16(14)25-18)24-11(2)19-13/h3-10H,1-2H3,(H,20,21,22). The first kappa shape index (κ1) is 16.0. The van der Waals surface area contributed by atoms with E-state index in [1.165, 1.54) is 11.3 Å². The third-order valence-electron chi connectivity index (χ3n) is 3.67. The van der Waals surface area contributed by atoms with Gasteiger partial charge < -0.3 is 4.74 Å². The van der Waals surface area contributed by atoms with Gasteiger partial charge in [-0.05, 0) is 38.1 Å². The normalized spacial score (nSPS) is 12.4. The molecule has 126 valence electrons. The van der Waals surface area contributed by atoms with Crippen molar-refractivity contribution in [2.75, 3.05) is 5.32 Å². The number of amides is 1. The third-order valence-corrected chi connectivity index (χ3v) is 5.81. The highest BCUT2D eigenvalue weighted by atomic mass is 32.1. The molecule has 1 unspecified atom stereocenters. The molecule has 0 fully saturated rings. The molecule has 0 saturated heterocycles. The summed E-state index contributed by atoms with van der Waals surface area (Å²) in [5.41, 5.74) is 1.84. The SMILES string of the molecule is Cc1nc2ccc3nc(NC(=O)C(C)Oc4ccccc4)sc3c2s1. The van der Waals surface area contributed by atoms with Crippen molar-refractivity contribution >= 4 is 54.1 Å². The summed E-state index contributed by atoms with van der Waals surface area (Å²) >= 11 is 3.11. The largest absolute Gasteiger partial charge is 0.481 e. The van der Waals surface area contributed by atoms with Gasteiger partial charge in [0.05, 0.1) is 25.4 Å². The first-order chi connectivity index (χ1) is 12.1. The Morgan fingerprint density at radius 2 is 1.72 bits per heavy atom. The predicted molar refractivity (Wildman–Crippen MR) is 103 cm³/mol. The lowest BCUT2D eigenvalue weighted by Crippen LogP contribution is -2.30. The van der Waals surface area contributed by atoms with E-state index in [1.54, 1.807) is 18.3 Å². The first-order valence-electron chi connectivity index (χ1n) is 7.79. The van der Waals surface area contributed by atoms with Gasteiger partial charge >= 0.3 is 0 Å². The van der Waals surface area contributed by atoms with E-state index in [1.807, 2.05) is 49.4 Å². The maximum Gasteiger partial charge on any atom is 0.266 e. The second-order valence-electron chi connectivity index (χ2n) is 5.58. The van der Waals surface area contributed by atoms with Crippen molar-refractivity contribution in [2.45, 2.75) is 20.0 Å². The fraction of sp³-hybridized carbons (Fsp3) is 0.167. The number of aryl methyl sites for hydroxylation is 1. The van der Waals surface area contributed by atoms with E-state index in [2.05, 4.69) is 15.3 Å². The summed E-state index contributed by atoms with van der Waals surface area (Å²) in [6.07, 6.45) is -0.611. The first-order valence-corrected chi connectivity index (χ1v) is 9.43. The molecule has 1 amide bonds. The van der Waals surface area contributed by atoms with Gasteiger partial charge in [-0.15, -0.1) is 11.3 Å². The fourth-order valence-corrected chi connectivity index (χ4v) is 4.51. The molecule has 7 heteroatoms. The summed E-state index contributed by atoms with van der Waals surface area (Å²) in [5.74, 6) is 0.441. The number of rotatable bonds is 4. The van der Waals surface area contributed by atoms with Crippen LogP contribution in [0.4, 0.5) is 5.13 Å². The number of carbonyl (C=O) groups is 1. The molecule has 4 aromatic rings. The van der Waals surface area contributed by atoms with Crippen LogP contribution in [0.5, 0.6) is 5.75 Å². The molecule has 0 aliphatic rings. The van der Waals surface area contributed by atoms with Crippen LogP contribution in [0.1, 0.15) is 11.9 Å². The van der Waals surface area contributed by atoms with Crippen molar-refractivity contribution < 1.29 is 9.53 Å². The molecule has 5 nitrogen and oxygen atoms in total. The molecule has 2 aromatic carbocycles. The van der Waals surface area contributed by atoms with Crippen LogP contribution >= 0.6 is 22.7 Å². The molecule has 0 aliphatic heterocycles. The second kappa shape index (κ2) is 6.42. The van der Waals surface area contributed by atoms with Gasteiger partial charge in [0.1, 0.15) is 5.75 Å². The lowest BCUT2D eigenvalue weighted by molar-refractivity contribution is -0.122. The van der Waals surface area contributed by atoms with Gasteiger partial charge in [-0.3, -0.25) is 10.1 Å². The second-order valence-corrected chi connectivity index (χ2v) is 7.78. The number of nitrogens with one attached hydrogen (secondary N) is 1. The fourth-order valence-electron chi connectivity index (χ4n) is 2.50. The molecule has 0 radical (unpaired) electrons. The quantitative estimate of drug-likeness (QED) is 0.570. The molecule has 0 saturated carbocycles. The molecular weight excluding hydrogens is 354 g/mol. The van der Waals surface area contributed by atoms with E-state index in [4.69, 9.17) is 4.74 Å². The number of hydrogen-bond donors (Lipinski definition) is 1. The number of para-hydroxylation sites is 1. The average Bonchev–Trinajstić information content (AvgIpc) is 3.17. The van der Waals surface area contributed by atoms with E-state index in [9.17, 15) is 4.79 Å². The Labute approximate surface area is 152 Å². The predicted octanol–water partition coefficient (Wildman–Crippen LogP) is 4.62. The molecule has 1 atom stereocenters. The maximum atomic E-state index is 12.4. The highest BCUT2D eigenvalue weighted by molar-refractivity contribution is 7.28. The molecule has 2 aromatic heterocycles. The molecule has 0 aliphatic carbocycles.